The van der Waals surface area contributed by atoms with Crippen LogP contribution >= 0.6 is 0 Å². The number of anilines is 1. The highest BCUT2D eigenvalue weighted by Gasteiger charge is 2.28. The molecule has 1 saturated heterocycles. The first-order chi connectivity index (χ1) is 8.61. The lowest BCUT2D eigenvalue weighted by atomic mass is 9.90. The average Bonchev–Trinajstić information content (AvgIpc) is 2.33. The molecule has 5 heteroatoms. The maximum absolute atomic E-state index is 11.8. The zero-order valence-electron chi connectivity index (χ0n) is 10.2. The number of amides is 2. The van der Waals surface area contributed by atoms with Gasteiger partial charge in [-0.05, 0) is 31.0 Å². The second kappa shape index (κ2) is 5.08. The van der Waals surface area contributed by atoms with Gasteiger partial charge in [0.2, 0.25) is 11.8 Å². The van der Waals surface area contributed by atoms with E-state index in [1.165, 1.54) is 0 Å². The molecule has 18 heavy (non-hydrogen) atoms. The molecule has 1 heterocycles. The van der Waals surface area contributed by atoms with E-state index in [0.717, 1.165) is 5.56 Å². The standard InChI is InChI=1S/C13H16N2O3/c1-2-18-11-7-8(3-5-10(11)14)9-4-6-12(16)15-13(9)17/h3,5,7,9H,2,4,6,14H2,1H3,(H,15,16,17). The van der Waals surface area contributed by atoms with Crippen molar-refractivity contribution in [3.8, 4) is 5.75 Å². The van der Waals surface area contributed by atoms with E-state index < -0.39 is 0 Å². The van der Waals surface area contributed by atoms with Crippen LogP contribution in [-0.4, -0.2) is 18.4 Å². The van der Waals surface area contributed by atoms with E-state index in [9.17, 15) is 9.59 Å². The van der Waals surface area contributed by atoms with Gasteiger partial charge in [0, 0.05) is 6.42 Å². The van der Waals surface area contributed by atoms with Crippen LogP contribution in [0.15, 0.2) is 18.2 Å². The Kier molecular flexibility index (Phi) is 3.50. The molecular weight excluding hydrogens is 232 g/mol. The van der Waals surface area contributed by atoms with Crippen molar-refractivity contribution in [3.05, 3.63) is 23.8 Å². The molecule has 0 bridgehead atoms. The number of nitrogens with two attached hydrogens (primary N) is 1. The Morgan fingerprint density at radius 3 is 2.89 bits per heavy atom. The normalized spacial score (nSPS) is 19.5. The van der Waals surface area contributed by atoms with E-state index in [1.807, 2.05) is 6.92 Å². The van der Waals surface area contributed by atoms with Gasteiger partial charge < -0.3 is 10.5 Å². The smallest absolute Gasteiger partial charge is 0.234 e. The molecule has 0 aliphatic carbocycles. The van der Waals surface area contributed by atoms with Gasteiger partial charge in [-0.25, -0.2) is 0 Å². The van der Waals surface area contributed by atoms with Gasteiger partial charge in [-0.2, -0.15) is 0 Å². The molecule has 0 aromatic heterocycles. The predicted molar refractivity (Wildman–Crippen MR) is 67.1 cm³/mol. The monoisotopic (exact) mass is 248 g/mol. The first-order valence-electron chi connectivity index (χ1n) is 5.97. The minimum absolute atomic E-state index is 0.211. The minimum Gasteiger partial charge on any atom is -0.492 e. The van der Waals surface area contributed by atoms with E-state index in [4.69, 9.17) is 10.5 Å². The summed E-state index contributed by atoms with van der Waals surface area (Å²) < 4.78 is 5.40. The molecule has 1 aromatic rings. The zero-order chi connectivity index (χ0) is 13.1. The fraction of sp³-hybridized carbons (Fsp3) is 0.385. The largest absolute Gasteiger partial charge is 0.492 e. The molecule has 96 valence electrons. The average molecular weight is 248 g/mol. The van der Waals surface area contributed by atoms with Gasteiger partial charge in [0.15, 0.2) is 0 Å². The molecule has 2 rings (SSSR count). The summed E-state index contributed by atoms with van der Waals surface area (Å²) in [5, 5.41) is 2.34. The number of hydrogen-bond acceptors (Lipinski definition) is 4. The second-order valence-corrected chi connectivity index (χ2v) is 4.23. The number of piperidine rings is 1. The summed E-state index contributed by atoms with van der Waals surface area (Å²) in [5.74, 6) is -0.183. The summed E-state index contributed by atoms with van der Waals surface area (Å²) in [5.41, 5.74) is 7.16. The molecule has 1 aliphatic rings. The highest BCUT2D eigenvalue weighted by atomic mass is 16.5. The van der Waals surface area contributed by atoms with Crippen LogP contribution in [0, 0.1) is 0 Å². The Balaban J connectivity index is 2.25. The third kappa shape index (κ3) is 2.45. The number of carbonyl (C=O) groups excluding carboxylic acids is 2. The van der Waals surface area contributed by atoms with Gasteiger partial charge in [0.05, 0.1) is 18.2 Å². The number of benzene rings is 1. The maximum Gasteiger partial charge on any atom is 0.234 e. The summed E-state index contributed by atoms with van der Waals surface area (Å²) in [6, 6.07) is 5.31. The number of carbonyl (C=O) groups is 2. The van der Waals surface area contributed by atoms with Crippen molar-refractivity contribution in [2.75, 3.05) is 12.3 Å². The van der Waals surface area contributed by atoms with Gasteiger partial charge in [0.25, 0.3) is 0 Å². The summed E-state index contributed by atoms with van der Waals surface area (Å²) in [7, 11) is 0. The van der Waals surface area contributed by atoms with Gasteiger partial charge in [-0.3, -0.25) is 14.9 Å². The maximum atomic E-state index is 11.8. The van der Waals surface area contributed by atoms with Crippen LogP contribution in [0.2, 0.25) is 0 Å². The van der Waals surface area contributed by atoms with Gasteiger partial charge in [-0.1, -0.05) is 6.07 Å². The lowest BCUT2D eigenvalue weighted by molar-refractivity contribution is -0.134. The molecule has 1 unspecified atom stereocenters. The van der Waals surface area contributed by atoms with Crippen molar-refractivity contribution < 1.29 is 14.3 Å². The first-order valence-corrected chi connectivity index (χ1v) is 5.97. The van der Waals surface area contributed by atoms with Crippen LogP contribution in [0.25, 0.3) is 0 Å². The molecule has 1 atom stereocenters. The van der Waals surface area contributed by atoms with Crippen LogP contribution in [0.5, 0.6) is 5.75 Å². The number of rotatable bonds is 3. The zero-order valence-corrected chi connectivity index (χ0v) is 10.2. The topological polar surface area (TPSA) is 81.4 Å². The van der Waals surface area contributed by atoms with E-state index in [1.54, 1.807) is 18.2 Å². The van der Waals surface area contributed by atoms with Crippen molar-refractivity contribution in [1.82, 2.24) is 5.32 Å². The Labute approximate surface area is 105 Å². The quantitative estimate of drug-likeness (QED) is 0.622. The Bertz CT molecular complexity index is 485. The molecule has 2 amide bonds. The van der Waals surface area contributed by atoms with Crippen molar-refractivity contribution >= 4 is 17.5 Å². The molecule has 0 radical (unpaired) electrons. The molecule has 0 saturated carbocycles. The molecule has 1 aliphatic heterocycles. The minimum atomic E-state index is -0.303. The number of hydrogen-bond donors (Lipinski definition) is 2. The molecule has 0 spiro atoms. The summed E-state index contributed by atoms with van der Waals surface area (Å²) in [4.78, 5) is 22.9. The SMILES string of the molecule is CCOc1cc(C2CCC(=O)NC2=O)ccc1N. The third-order valence-electron chi connectivity index (χ3n) is 2.98. The fourth-order valence-corrected chi connectivity index (χ4v) is 2.06. The van der Waals surface area contributed by atoms with E-state index >= 15 is 0 Å². The Morgan fingerprint density at radius 1 is 1.44 bits per heavy atom. The molecular formula is C13H16N2O3. The number of nitrogens with one attached hydrogen (secondary N) is 1. The Hall–Kier alpha value is -2.04. The predicted octanol–water partition coefficient (Wildman–Crippen LogP) is 1.19. The lowest BCUT2D eigenvalue weighted by Gasteiger charge is -2.21. The van der Waals surface area contributed by atoms with Crippen molar-refractivity contribution in [2.45, 2.75) is 25.7 Å². The molecule has 3 N–H and O–H groups in total. The number of nitrogen functional groups attached to an aromatic ring is 1. The van der Waals surface area contributed by atoms with E-state index in [-0.39, 0.29) is 17.7 Å². The van der Waals surface area contributed by atoms with Crippen molar-refractivity contribution in [3.63, 3.8) is 0 Å². The Morgan fingerprint density at radius 2 is 2.22 bits per heavy atom. The number of imide groups is 1. The van der Waals surface area contributed by atoms with Crippen LogP contribution in [0.3, 0.4) is 0 Å². The van der Waals surface area contributed by atoms with Gasteiger partial charge in [-0.15, -0.1) is 0 Å². The van der Waals surface area contributed by atoms with E-state index in [0.29, 0.717) is 30.9 Å². The number of ether oxygens (including phenoxy) is 1. The summed E-state index contributed by atoms with van der Waals surface area (Å²) in [6.07, 6.45) is 0.894. The van der Waals surface area contributed by atoms with Crippen molar-refractivity contribution in [1.29, 1.82) is 0 Å². The van der Waals surface area contributed by atoms with Crippen LogP contribution in [-0.2, 0) is 9.59 Å². The molecule has 1 aromatic carbocycles. The molecule has 1 fully saturated rings. The third-order valence-corrected chi connectivity index (χ3v) is 2.98. The van der Waals surface area contributed by atoms with Gasteiger partial charge >= 0.3 is 0 Å². The second-order valence-electron chi connectivity index (χ2n) is 4.23. The summed E-state index contributed by atoms with van der Waals surface area (Å²) >= 11 is 0. The molecule has 5 nitrogen and oxygen atoms in total. The lowest BCUT2D eigenvalue weighted by Crippen LogP contribution is -2.39. The highest BCUT2D eigenvalue weighted by molar-refractivity contribution is 6.01. The summed E-state index contributed by atoms with van der Waals surface area (Å²) in [6.45, 7) is 2.39. The van der Waals surface area contributed by atoms with Crippen LogP contribution in [0.4, 0.5) is 5.69 Å². The van der Waals surface area contributed by atoms with Gasteiger partial charge in [0.1, 0.15) is 5.75 Å². The van der Waals surface area contributed by atoms with Crippen LogP contribution in [0.1, 0.15) is 31.2 Å². The first kappa shape index (κ1) is 12.4. The van der Waals surface area contributed by atoms with E-state index in [2.05, 4.69) is 5.32 Å². The highest BCUT2D eigenvalue weighted by Crippen LogP contribution is 2.30. The fourth-order valence-electron chi connectivity index (χ4n) is 2.06. The van der Waals surface area contributed by atoms with Crippen LogP contribution < -0.4 is 15.8 Å². The van der Waals surface area contributed by atoms with Crippen molar-refractivity contribution in [2.24, 2.45) is 0 Å².